The third kappa shape index (κ3) is 7.45. The van der Waals surface area contributed by atoms with Gasteiger partial charge in [-0.2, -0.15) is 0 Å². The lowest BCUT2D eigenvalue weighted by atomic mass is 9.90. The second kappa shape index (κ2) is 9.94. The molecule has 0 radical (unpaired) electrons. The number of nitrogens with zero attached hydrogens (tertiary/aromatic N) is 1. The highest BCUT2D eigenvalue weighted by atomic mass is 16.6. The maximum Gasteiger partial charge on any atom is 0.311 e. The number of hydrogen-bond donors (Lipinski definition) is 2. The van der Waals surface area contributed by atoms with Gasteiger partial charge >= 0.3 is 5.97 Å². The first-order chi connectivity index (χ1) is 14.3. The van der Waals surface area contributed by atoms with Crippen molar-refractivity contribution in [3.05, 3.63) is 11.5 Å². The van der Waals surface area contributed by atoms with Gasteiger partial charge < -0.3 is 14.6 Å². The molecule has 2 aliphatic heterocycles. The number of hydrogen-bond acceptors (Lipinski definition) is 7. The van der Waals surface area contributed by atoms with Crippen LogP contribution in [0.1, 0.15) is 67.2 Å². The number of amides is 2. The number of rotatable bonds is 5. The van der Waals surface area contributed by atoms with E-state index in [9.17, 15) is 19.5 Å². The third-order valence-corrected chi connectivity index (χ3v) is 5.38. The number of imide groups is 1. The minimum atomic E-state index is -0.719. The number of carbonyl (C=O) groups excluding carboxylic acids is 3. The van der Waals surface area contributed by atoms with Crippen molar-refractivity contribution in [2.24, 2.45) is 27.7 Å². The molecule has 0 aromatic heterocycles. The Morgan fingerprint density at radius 2 is 1.87 bits per heavy atom. The van der Waals surface area contributed by atoms with E-state index >= 15 is 0 Å². The molecule has 2 heterocycles. The summed E-state index contributed by atoms with van der Waals surface area (Å²) in [5.74, 6) is -1.08. The summed E-state index contributed by atoms with van der Waals surface area (Å²) < 4.78 is 11.1. The van der Waals surface area contributed by atoms with Crippen molar-refractivity contribution in [2.45, 2.75) is 73.3 Å². The molecule has 174 valence electrons. The highest BCUT2D eigenvalue weighted by molar-refractivity contribution is 6.06. The number of ether oxygens (including phenoxy) is 2. The quantitative estimate of drug-likeness (QED) is 0.639. The zero-order valence-corrected chi connectivity index (χ0v) is 19.5. The van der Waals surface area contributed by atoms with Gasteiger partial charge in [0.05, 0.1) is 18.1 Å². The van der Waals surface area contributed by atoms with Crippen LogP contribution in [0.15, 0.2) is 16.4 Å². The Morgan fingerprint density at radius 3 is 2.48 bits per heavy atom. The second-order valence-corrected chi connectivity index (χ2v) is 10.5. The van der Waals surface area contributed by atoms with Crippen LogP contribution >= 0.6 is 0 Å². The van der Waals surface area contributed by atoms with Gasteiger partial charge in [0.25, 0.3) is 5.91 Å². The monoisotopic (exact) mass is 436 g/mol. The number of allylic oxidation sites excluding steroid dienone is 1. The van der Waals surface area contributed by atoms with Crippen molar-refractivity contribution < 1.29 is 29.0 Å². The summed E-state index contributed by atoms with van der Waals surface area (Å²) in [5.41, 5.74) is -1.36. The molecule has 2 rings (SSSR count). The van der Waals surface area contributed by atoms with Gasteiger partial charge in [-0.1, -0.05) is 20.8 Å². The molecular formula is C23H36N2O6. The molecule has 8 heteroatoms. The van der Waals surface area contributed by atoms with Gasteiger partial charge in [0, 0.05) is 18.1 Å². The SMILES string of the molecule is CC(C)(C)C(=O)NC(=O)C1=C(O)CCC(C[C@@H]2CO[C@H](COC(=O)C(C)(C)C)C2)C=N1. The van der Waals surface area contributed by atoms with Crippen molar-refractivity contribution in [3.63, 3.8) is 0 Å². The smallest absolute Gasteiger partial charge is 0.311 e. The molecule has 31 heavy (non-hydrogen) atoms. The number of carbonyl (C=O) groups is 3. The molecular weight excluding hydrogens is 400 g/mol. The minimum absolute atomic E-state index is 0.0789. The zero-order valence-electron chi connectivity index (χ0n) is 19.5. The molecule has 8 nitrogen and oxygen atoms in total. The Bertz CT molecular complexity index is 757. The van der Waals surface area contributed by atoms with Crippen LogP contribution < -0.4 is 5.32 Å². The Hall–Kier alpha value is -2.22. The van der Waals surface area contributed by atoms with E-state index in [0.29, 0.717) is 19.4 Å². The van der Waals surface area contributed by atoms with Crippen LogP contribution in [0.3, 0.4) is 0 Å². The van der Waals surface area contributed by atoms with Crippen molar-refractivity contribution in [3.8, 4) is 0 Å². The highest BCUT2D eigenvalue weighted by Gasteiger charge is 2.31. The largest absolute Gasteiger partial charge is 0.510 e. The van der Waals surface area contributed by atoms with Crippen molar-refractivity contribution in [2.75, 3.05) is 13.2 Å². The lowest BCUT2D eigenvalue weighted by Gasteiger charge is -2.18. The summed E-state index contributed by atoms with van der Waals surface area (Å²) >= 11 is 0. The van der Waals surface area contributed by atoms with Gasteiger partial charge in [-0.3, -0.25) is 24.7 Å². The number of aliphatic imine (C=N–C) groups is 1. The van der Waals surface area contributed by atoms with Gasteiger partial charge in [-0.05, 0) is 51.9 Å². The molecule has 0 aromatic carbocycles. The molecule has 2 aliphatic rings. The number of aliphatic hydroxyl groups is 1. The normalized spacial score (nSPS) is 24.6. The molecule has 1 fully saturated rings. The van der Waals surface area contributed by atoms with E-state index in [-0.39, 0.29) is 42.0 Å². The Morgan fingerprint density at radius 1 is 1.19 bits per heavy atom. The fraction of sp³-hybridized carbons (Fsp3) is 0.739. The van der Waals surface area contributed by atoms with Crippen molar-refractivity contribution in [1.29, 1.82) is 0 Å². The van der Waals surface area contributed by atoms with E-state index in [1.807, 2.05) is 20.8 Å². The fourth-order valence-corrected chi connectivity index (χ4v) is 3.36. The molecule has 2 N–H and O–H groups in total. The summed E-state index contributed by atoms with van der Waals surface area (Å²) in [4.78, 5) is 40.6. The first kappa shape index (κ1) is 25.0. The summed E-state index contributed by atoms with van der Waals surface area (Å²) in [6.45, 7) is 11.4. The van der Waals surface area contributed by atoms with E-state index < -0.39 is 22.6 Å². The van der Waals surface area contributed by atoms with Gasteiger partial charge in [0.1, 0.15) is 12.4 Å². The van der Waals surface area contributed by atoms with E-state index in [2.05, 4.69) is 10.3 Å². The maximum atomic E-state index is 12.4. The van der Waals surface area contributed by atoms with Crippen molar-refractivity contribution >= 4 is 24.0 Å². The number of nitrogens with one attached hydrogen (secondary N) is 1. The standard InChI is InChI=1S/C23H36N2O6/c1-22(2,3)20(28)25-19(27)18-17(26)8-7-14(11-24-18)9-15-10-16(30-12-15)13-31-21(29)23(4,5)6/h11,14-16,26H,7-10,12-13H2,1-6H3,(H,25,27,28)/t14?,15-,16-/m0/s1. The van der Waals surface area contributed by atoms with Gasteiger partial charge in [0.15, 0.2) is 5.70 Å². The predicted molar refractivity (Wildman–Crippen MR) is 116 cm³/mol. The van der Waals surface area contributed by atoms with E-state index in [1.165, 1.54) is 0 Å². The molecule has 1 saturated heterocycles. The average molecular weight is 437 g/mol. The van der Waals surface area contributed by atoms with Gasteiger partial charge in [-0.15, -0.1) is 0 Å². The molecule has 0 aromatic rings. The lowest BCUT2D eigenvalue weighted by Crippen LogP contribution is -2.39. The Labute approximate surface area is 184 Å². The van der Waals surface area contributed by atoms with Crippen LogP contribution in [-0.2, 0) is 23.9 Å². The fourth-order valence-electron chi connectivity index (χ4n) is 3.36. The number of esters is 1. The molecule has 0 bridgehead atoms. The molecule has 3 atom stereocenters. The summed E-state index contributed by atoms with van der Waals surface area (Å²) in [5, 5.41) is 12.6. The molecule has 0 spiro atoms. The van der Waals surface area contributed by atoms with Crippen LogP contribution in [-0.4, -0.2) is 48.4 Å². The second-order valence-electron chi connectivity index (χ2n) is 10.5. The molecule has 1 unspecified atom stereocenters. The summed E-state index contributed by atoms with van der Waals surface area (Å²) in [6.07, 6.45) is 4.13. The highest BCUT2D eigenvalue weighted by Crippen LogP contribution is 2.30. The first-order valence-electron chi connectivity index (χ1n) is 10.9. The van der Waals surface area contributed by atoms with Gasteiger partial charge in [0.2, 0.25) is 5.91 Å². The Kier molecular flexibility index (Phi) is 8.03. The zero-order chi connectivity index (χ0) is 23.4. The lowest BCUT2D eigenvalue weighted by molar-refractivity contribution is -0.156. The Balaban J connectivity index is 1.86. The third-order valence-electron chi connectivity index (χ3n) is 5.38. The molecule has 0 aliphatic carbocycles. The predicted octanol–water partition coefficient (Wildman–Crippen LogP) is 3.31. The van der Waals surface area contributed by atoms with Crippen LogP contribution in [0.5, 0.6) is 0 Å². The van der Waals surface area contributed by atoms with Crippen LogP contribution in [0.4, 0.5) is 0 Å². The molecule has 2 amide bonds. The van der Waals surface area contributed by atoms with Crippen molar-refractivity contribution in [1.82, 2.24) is 5.32 Å². The molecule has 0 saturated carbocycles. The average Bonchev–Trinajstić information content (AvgIpc) is 3.01. The van der Waals surface area contributed by atoms with Crippen LogP contribution in [0.25, 0.3) is 0 Å². The maximum absolute atomic E-state index is 12.4. The number of aliphatic hydroxyl groups excluding tert-OH is 1. The van der Waals surface area contributed by atoms with Crippen LogP contribution in [0, 0.1) is 22.7 Å². The van der Waals surface area contributed by atoms with E-state index in [1.54, 1.807) is 27.0 Å². The minimum Gasteiger partial charge on any atom is -0.510 e. The first-order valence-corrected chi connectivity index (χ1v) is 10.9. The van der Waals surface area contributed by atoms with E-state index in [0.717, 1.165) is 12.8 Å². The van der Waals surface area contributed by atoms with Gasteiger partial charge in [-0.25, -0.2) is 0 Å². The topological polar surface area (TPSA) is 114 Å². The summed E-state index contributed by atoms with van der Waals surface area (Å²) in [7, 11) is 0. The summed E-state index contributed by atoms with van der Waals surface area (Å²) in [6, 6.07) is 0. The van der Waals surface area contributed by atoms with E-state index in [4.69, 9.17) is 9.47 Å². The van der Waals surface area contributed by atoms with Crippen LogP contribution in [0.2, 0.25) is 0 Å².